The van der Waals surface area contributed by atoms with Gasteiger partial charge in [-0.2, -0.15) is 4.31 Å². The molecule has 2 aromatic rings. The second-order valence-electron chi connectivity index (χ2n) is 8.03. The van der Waals surface area contributed by atoms with Gasteiger partial charge >= 0.3 is 0 Å². The van der Waals surface area contributed by atoms with Crippen LogP contribution in [0.4, 0.5) is 0 Å². The summed E-state index contributed by atoms with van der Waals surface area (Å²) in [5, 5.41) is 3.74. The van der Waals surface area contributed by atoms with Crippen molar-refractivity contribution >= 4 is 21.7 Å². The average Bonchev–Trinajstić information content (AvgIpc) is 2.92. The fraction of sp³-hybridized carbons (Fsp3) is 0.500. The summed E-state index contributed by atoms with van der Waals surface area (Å²) >= 11 is 0. The van der Waals surface area contributed by atoms with Gasteiger partial charge in [-0.1, -0.05) is 22.9 Å². The number of benzene rings is 1. The van der Waals surface area contributed by atoms with E-state index in [9.17, 15) is 18.0 Å². The number of carbonyl (C=O) groups is 2. The highest BCUT2D eigenvalue weighted by Gasteiger charge is 2.32. The van der Waals surface area contributed by atoms with Gasteiger partial charge in [0.2, 0.25) is 15.9 Å². The second kappa shape index (κ2) is 9.32. The van der Waals surface area contributed by atoms with Crippen LogP contribution in [0.2, 0.25) is 0 Å². The van der Waals surface area contributed by atoms with Crippen LogP contribution >= 0.6 is 0 Å². The normalized spacial score (nSPS) is 15.7. The van der Waals surface area contributed by atoms with Crippen molar-refractivity contribution in [1.82, 2.24) is 14.4 Å². The number of ketones is 1. The van der Waals surface area contributed by atoms with Gasteiger partial charge in [0.05, 0.1) is 0 Å². The zero-order valence-corrected chi connectivity index (χ0v) is 19.3. The molecule has 31 heavy (non-hydrogen) atoms. The van der Waals surface area contributed by atoms with Gasteiger partial charge in [0.25, 0.3) is 0 Å². The van der Waals surface area contributed by atoms with Crippen LogP contribution in [0, 0.1) is 27.7 Å². The molecule has 8 nitrogen and oxygen atoms in total. The molecular formula is C22H29N3O5S. The number of hydrogen-bond acceptors (Lipinski definition) is 6. The Bertz CT molecular complexity index is 1070. The lowest BCUT2D eigenvalue weighted by Gasteiger charge is -2.22. The Balaban J connectivity index is 1.61. The van der Waals surface area contributed by atoms with Gasteiger partial charge < -0.3 is 9.42 Å². The Morgan fingerprint density at radius 3 is 2.45 bits per heavy atom. The quantitative estimate of drug-likeness (QED) is 0.631. The molecule has 0 bridgehead atoms. The average molecular weight is 448 g/mol. The van der Waals surface area contributed by atoms with E-state index in [0.717, 1.165) is 11.1 Å². The molecule has 0 aliphatic carbocycles. The maximum Gasteiger partial charge on any atom is 0.248 e. The third-order valence-corrected chi connectivity index (χ3v) is 7.78. The van der Waals surface area contributed by atoms with E-state index in [0.29, 0.717) is 37.3 Å². The van der Waals surface area contributed by atoms with E-state index in [1.165, 1.54) is 4.31 Å². The molecule has 1 aromatic heterocycles. The lowest BCUT2D eigenvalue weighted by molar-refractivity contribution is -0.131. The van der Waals surface area contributed by atoms with E-state index in [2.05, 4.69) is 5.16 Å². The summed E-state index contributed by atoms with van der Waals surface area (Å²) < 4.78 is 32.5. The van der Waals surface area contributed by atoms with Gasteiger partial charge in [0, 0.05) is 44.6 Å². The zero-order valence-electron chi connectivity index (χ0n) is 18.5. The molecule has 1 amide bonds. The van der Waals surface area contributed by atoms with Gasteiger partial charge in [-0.15, -0.1) is 0 Å². The van der Waals surface area contributed by atoms with Crippen LogP contribution in [0.3, 0.4) is 0 Å². The minimum atomic E-state index is -3.74. The van der Waals surface area contributed by atoms with Crippen LogP contribution in [0.15, 0.2) is 27.6 Å². The van der Waals surface area contributed by atoms with E-state index < -0.39 is 10.0 Å². The first-order valence-electron chi connectivity index (χ1n) is 10.4. The van der Waals surface area contributed by atoms with Crippen molar-refractivity contribution in [3.8, 4) is 0 Å². The monoisotopic (exact) mass is 447 g/mol. The molecule has 9 heteroatoms. The molecule has 0 N–H and O–H groups in total. The molecule has 168 valence electrons. The summed E-state index contributed by atoms with van der Waals surface area (Å²) in [7, 11) is -3.74. The molecule has 1 aliphatic heterocycles. The van der Waals surface area contributed by atoms with Crippen molar-refractivity contribution in [2.45, 2.75) is 51.9 Å². The number of aromatic nitrogens is 1. The van der Waals surface area contributed by atoms with Crippen molar-refractivity contribution in [3.63, 3.8) is 0 Å². The molecule has 0 unspecified atom stereocenters. The van der Waals surface area contributed by atoms with Crippen LogP contribution in [-0.4, -0.2) is 60.6 Å². The maximum absolute atomic E-state index is 13.0. The topological polar surface area (TPSA) is 101 Å². The molecule has 0 saturated carbocycles. The summed E-state index contributed by atoms with van der Waals surface area (Å²) in [6.07, 6.45) is 0.781. The largest absolute Gasteiger partial charge is 0.360 e. The van der Waals surface area contributed by atoms with E-state index in [4.69, 9.17) is 4.52 Å². The molecule has 3 rings (SSSR count). The van der Waals surface area contributed by atoms with Crippen molar-refractivity contribution < 1.29 is 22.5 Å². The minimum absolute atomic E-state index is 0.0491. The number of rotatable bonds is 6. The molecule has 1 aromatic carbocycles. The molecule has 1 fully saturated rings. The van der Waals surface area contributed by atoms with Crippen LogP contribution in [0.5, 0.6) is 0 Å². The fourth-order valence-corrected chi connectivity index (χ4v) is 5.67. The Labute approximate surface area is 183 Å². The molecule has 1 saturated heterocycles. The first kappa shape index (κ1) is 23.1. The summed E-state index contributed by atoms with van der Waals surface area (Å²) in [6.45, 7) is 8.26. The highest BCUT2D eigenvalue weighted by Crippen LogP contribution is 2.24. The predicted molar refractivity (Wildman–Crippen MR) is 115 cm³/mol. The number of carbonyl (C=O) groups excluding carboxylic acids is 2. The van der Waals surface area contributed by atoms with E-state index in [-0.39, 0.29) is 41.7 Å². The number of nitrogens with zero attached hydrogens (tertiary/aromatic N) is 3. The molecule has 0 atom stereocenters. The van der Waals surface area contributed by atoms with E-state index in [1.807, 2.05) is 32.0 Å². The highest BCUT2D eigenvalue weighted by atomic mass is 32.2. The van der Waals surface area contributed by atoms with Crippen LogP contribution in [0.25, 0.3) is 0 Å². The van der Waals surface area contributed by atoms with Gasteiger partial charge in [0.15, 0.2) is 11.5 Å². The van der Waals surface area contributed by atoms with Crippen molar-refractivity contribution in [1.29, 1.82) is 0 Å². The molecule has 1 aliphatic rings. The second-order valence-corrected chi connectivity index (χ2v) is 9.91. The smallest absolute Gasteiger partial charge is 0.248 e. The Hall–Kier alpha value is -2.52. The number of aryl methyl sites for hydroxylation is 4. The number of amides is 1. The third-order valence-electron chi connectivity index (χ3n) is 5.63. The Morgan fingerprint density at radius 1 is 1.03 bits per heavy atom. The van der Waals surface area contributed by atoms with Crippen LogP contribution in [-0.2, 0) is 14.8 Å². The standard InChI is InChI=1S/C22H29N3O5S/c1-15-6-7-16(2)19(14-15)20(26)8-9-21(27)24-10-5-11-25(13-12-24)31(28,29)22-17(3)23-30-18(22)4/h6-7,14H,5,8-13H2,1-4H3. The number of Topliss-reactive ketones (excluding diaryl/α,β-unsaturated/α-hetero) is 1. The van der Waals surface area contributed by atoms with E-state index >= 15 is 0 Å². The summed E-state index contributed by atoms with van der Waals surface area (Å²) in [4.78, 5) is 27.0. The van der Waals surface area contributed by atoms with E-state index in [1.54, 1.807) is 18.7 Å². The third kappa shape index (κ3) is 5.04. The Kier molecular flexibility index (Phi) is 6.96. The summed E-state index contributed by atoms with van der Waals surface area (Å²) in [5.41, 5.74) is 2.89. The van der Waals surface area contributed by atoms with Gasteiger partial charge in [-0.25, -0.2) is 8.42 Å². The fourth-order valence-electron chi connectivity index (χ4n) is 3.91. The van der Waals surface area contributed by atoms with Gasteiger partial charge in [0.1, 0.15) is 10.6 Å². The minimum Gasteiger partial charge on any atom is -0.360 e. The summed E-state index contributed by atoms with van der Waals surface area (Å²) in [6, 6.07) is 5.72. The number of sulfonamides is 1. The first-order valence-corrected chi connectivity index (χ1v) is 11.9. The first-order chi connectivity index (χ1) is 14.6. The lowest BCUT2D eigenvalue weighted by Crippen LogP contribution is -2.37. The predicted octanol–water partition coefficient (Wildman–Crippen LogP) is 2.79. The van der Waals surface area contributed by atoms with Crippen LogP contribution in [0.1, 0.15) is 52.2 Å². The maximum atomic E-state index is 13.0. The van der Waals surface area contributed by atoms with Crippen molar-refractivity contribution in [2.24, 2.45) is 0 Å². The molecule has 2 heterocycles. The molecule has 0 radical (unpaired) electrons. The van der Waals surface area contributed by atoms with Crippen LogP contribution < -0.4 is 0 Å². The highest BCUT2D eigenvalue weighted by molar-refractivity contribution is 7.89. The van der Waals surface area contributed by atoms with Gasteiger partial charge in [-0.3, -0.25) is 9.59 Å². The van der Waals surface area contributed by atoms with Crippen molar-refractivity contribution in [2.75, 3.05) is 26.2 Å². The van der Waals surface area contributed by atoms with Gasteiger partial charge in [-0.05, 0) is 45.7 Å². The Morgan fingerprint density at radius 2 is 1.77 bits per heavy atom. The molecule has 0 spiro atoms. The summed E-state index contributed by atoms with van der Waals surface area (Å²) in [5.74, 6) is 0.0851. The number of hydrogen-bond donors (Lipinski definition) is 0. The lowest BCUT2D eigenvalue weighted by atomic mass is 9.99. The van der Waals surface area contributed by atoms with Crippen molar-refractivity contribution in [3.05, 3.63) is 46.3 Å². The molecular weight excluding hydrogens is 418 g/mol. The SMILES string of the molecule is Cc1ccc(C)c(C(=O)CCC(=O)N2CCCN(S(=O)(=O)c3c(C)noc3C)CC2)c1. The zero-order chi connectivity index (χ0) is 22.8.